The second-order valence-corrected chi connectivity index (χ2v) is 15.2. The van der Waals surface area contributed by atoms with Crippen LogP contribution in [0.3, 0.4) is 0 Å². The molecule has 1 N–H and O–H groups in total. The summed E-state index contributed by atoms with van der Waals surface area (Å²) in [6.07, 6.45) is 5.27. The Morgan fingerprint density at radius 1 is 0.878 bits per heavy atom. The molecule has 0 aromatic heterocycles. The summed E-state index contributed by atoms with van der Waals surface area (Å²) in [6, 6.07) is 29.7. The number of amides is 2. The molecular formula is C39H44BrN3O5S. The monoisotopic (exact) mass is 745 g/mol. The molecule has 0 aliphatic heterocycles. The summed E-state index contributed by atoms with van der Waals surface area (Å²) in [5, 5.41) is 3.25. The molecule has 0 saturated heterocycles. The quantitative estimate of drug-likeness (QED) is 0.145. The fourth-order valence-corrected chi connectivity index (χ4v) is 8.09. The normalized spacial score (nSPS) is 14.1. The topological polar surface area (TPSA) is 96.0 Å². The van der Waals surface area contributed by atoms with E-state index < -0.39 is 28.5 Å². The van der Waals surface area contributed by atoms with Gasteiger partial charge >= 0.3 is 0 Å². The Morgan fingerprint density at radius 3 is 2.24 bits per heavy atom. The molecule has 4 aromatic rings. The Bertz CT molecular complexity index is 1810. The van der Waals surface area contributed by atoms with Crippen molar-refractivity contribution in [2.24, 2.45) is 0 Å². The van der Waals surface area contributed by atoms with Crippen LogP contribution in [-0.4, -0.2) is 50.4 Å². The average Bonchev–Trinajstić information content (AvgIpc) is 3.10. The van der Waals surface area contributed by atoms with Gasteiger partial charge in [-0.05, 0) is 74.2 Å². The number of benzene rings is 4. The van der Waals surface area contributed by atoms with Gasteiger partial charge in [-0.3, -0.25) is 13.9 Å². The maximum atomic E-state index is 14.8. The summed E-state index contributed by atoms with van der Waals surface area (Å²) in [7, 11) is -4.25. The molecule has 1 atom stereocenters. The smallest absolute Gasteiger partial charge is 0.264 e. The van der Waals surface area contributed by atoms with E-state index in [9.17, 15) is 18.0 Å². The van der Waals surface area contributed by atoms with Gasteiger partial charge in [0.1, 0.15) is 18.3 Å². The number of anilines is 1. The van der Waals surface area contributed by atoms with Crippen molar-refractivity contribution in [2.45, 2.75) is 75.9 Å². The van der Waals surface area contributed by atoms with Gasteiger partial charge < -0.3 is 15.0 Å². The van der Waals surface area contributed by atoms with Crippen molar-refractivity contribution in [1.82, 2.24) is 10.2 Å². The van der Waals surface area contributed by atoms with Gasteiger partial charge in [0.2, 0.25) is 11.8 Å². The molecule has 49 heavy (non-hydrogen) atoms. The first-order valence-corrected chi connectivity index (χ1v) is 19.1. The lowest BCUT2D eigenvalue weighted by Crippen LogP contribution is -2.55. The second kappa shape index (κ2) is 17.0. The predicted octanol–water partition coefficient (Wildman–Crippen LogP) is 7.44. The summed E-state index contributed by atoms with van der Waals surface area (Å²) in [4.78, 5) is 30.7. The van der Waals surface area contributed by atoms with Gasteiger partial charge in [-0.2, -0.15) is 0 Å². The molecular weight excluding hydrogens is 702 g/mol. The first kappa shape index (κ1) is 36.1. The number of nitrogens with one attached hydrogen (secondary N) is 1. The van der Waals surface area contributed by atoms with E-state index in [1.807, 2.05) is 68.4 Å². The second-order valence-electron chi connectivity index (χ2n) is 12.4. The van der Waals surface area contributed by atoms with E-state index in [4.69, 9.17) is 4.74 Å². The van der Waals surface area contributed by atoms with Crippen molar-refractivity contribution < 1.29 is 22.7 Å². The molecule has 258 valence electrons. The molecule has 0 heterocycles. The molecule has 4 aromatic carbocycles. The Balaban J connectivity index is 1.59. The van der Waals surface area contributed by atoms with Crippen LogP contribution in [0.1, 0.15) is 55.7 Å². The third kappa shape index (κ3) is 9.51. The number of sulfonamides is 1. The Kier molecular flexibility index (Phi) is 12.5. The van der Waals surface area contributed by atoms with Crippen LogP contribution in [0.4, 0.5) is 5.69 Å². The summed E-state index contributed by atoms with van der Waals surface area (Å²) in [6.45, 7) is 3.56. The number of aryl methyl sites for hydroxylation is 1. The highest BCUT2D eigenvalue weighted by Crippen LogP contribution is 2.33. The van der Waals surface area contributed by atoms with Crippen LogP contribution in [0.25, 0.3) is 0 Å². The minimum Gasteiger partial charge on any atom is -0.492 e. The first-order chi connectivity index (χ1) is 23.7. The number of ether oxygens (including phenoxy) is 1. The zero-order chi connectivity index (χ0) is 34.8. The highest BCUT2D eigenvalue weighted by Gasteiger charge is 2.36. The molecule has 0 unspecified atom stereocenters. The van der Waals surface area contributed by atoms with Gasteiger partial charge in [0.15, 0.2) is 0 Å². The lowest BCUT2D eigenvalue weighted by molar-refractivity contribution is -0.140. The molecule has 2 amide bonds. The van der Waals surface area contributed by atoms with Crippen LogP contribution in [-0.2, 0) is 32.6 Å². The van der Waals surface area contributed by atoms with E-state index in [-0.39, 0.29) is 35.5 Å². The lowest BCUT2D eigenvalue weighted by Gasteiger charge is -2.35. The number of carbonyl (C=O) groups is 2. The molecule has 1 saturated carbocycles. The van der Waals surface area contributed by atoms with Gasteiger partial charge in [0.25, 0.3) is 10.0 Å². The SMILES string of the molecule is CCOc1ccccc1N(CC(=O)N(Cc1cccc(Br)c1)[C@@H](Cc1ccccc1)C(=O)NC1CCCCC1)S(=O)(=O)c1ccc(C)cc1. The standard InChI is InChI=1S/C39H44BrN3O5S/c1-3-48-37-20-11-10-19-35(37)43(49(46,47)34-23-21-29(2)22-24-34)28-38(44)42(27-31-15-12-16-32(40)25-31)36(26-30-13-6-4-7-14-30)39(45)41-33-17-8-5-9-18-33/h4,6-7,10-16,19-25,33,36H,3,5,8-9,17-18,26-28H2,1-2H3,(H,41,45)/t36-/m0/s1. The summed E-state index contributed by atoms with van der Waals surface area (Å²) < 4.78 is 36.7. The third-order valence-corrected chi connectivity index (χ3v) is 11.1. The number of halogens is 1. The van der Waals surface area contributed by atoms with Gasteiger partial charge in [0, 0.05) is 23.5 Å². The van der Waals surface area contributed by atoms with E-state index in [1.165, 1.54) is 4.90 Å². The van der Waals surface area contributed by atoms with E-state index in [2.05, 4.69) is 21.2 Å². The minimum absolute atomic E-state index is 0.0267. The highest BCUT2D eigenvalue weighted by atomic mass is 79.9. The van der Waals surface area contributed by atoms with Crippen molar-refractivity contribution in [3.05, 3.63) is 124 Å². The lowest BCUT2D eigenvalue weighted by atomic mass is 9.94. The minimum atomic E-state index is -4.25. The summed E-state index contributed by atoms with van der Waals surface area (Å²) in [5.41, 5.74) is 2.84. The molecule has 10 heteroatoms. The molecule has 1 fully saturated rings. The molecule has 0 bridgehead atoms. The van der Waals surface area contributed by atoms with Crippen molar-refractivity contribution >= 4 is 43.5 Å². The fourth-order valence-electron chi connectivity index (χ4n) is 6.22. The number of para-hydroxylation sites is 2. The van der Waals surface area contributed by atoms with Crippen LogP contribution >= 0.6 is 15.9 Å². The van der Waals surface area contributed by atoms with Gasteiger partial charge in [0.05, 0.1) is 17.2 Å². The summed E-state index contributed by atoms with van der Waals surface area (Å²) in [5.74, 6) is -0.425. The zero-order valence-corrected chi connectivity index (χ0v) is 30.5. The largest absolute Gasteiger partial charge is 0.492 e. The van der Waals surface area contributed by atoms with Crippen molar-refractivity contribution in [1.29, 1.82) is 0 Å². The van der Waals surface area contributed by atoms with Crippen LogP contribution < -0.4 is 14.4 Å². The third-order valence-electron chi connectivity index (χ3n) is 8.79. The molecule has 8 nitrogen and oxygen atoms in total. The first-order valence-electron chi connectivity index (χ1n) is 16.8. The van der Waals surface area contributed by atoms with Gasteiger partial charge in [-0.15, -0.1) is 0 Å². The molecule has 1 aliphatic carbocycles. The molecule has 0 radical (unpaired) electrons. The highest BCUT2D eigenvalue weighted by molar-refractivity contribution is 9.10. The molecule has 0 spiro atoms. The summed E-state index contributed by atoms with van der Waals surface area (Å²) >= 11 is 3.54. The van der Waals surface area contributed by atoms with Crippen molar-refractivity contribution in [3.63, 3.8) is 0 Å². The predicted molar refractivity (Wildman–Crippen MR) is 197 cm³/mol. The molecule has 1 aliphatic rings. The number of carbonyl (C=O) groups excluding carboxylic acids is 2. The maximum Gasteiger partial charge on any atom is 0.264 e. The number of nitrogens with zero attached hydrogens (tertiary/aromatic N) is 2. The van der Waals surface area contributed by atoms with Crippen molar-refractivity contribution in [3.8, 4) is 5.75 Å². The van der Waals surface area contributed by atoms with E-state index in [0.29, 0.717) is 12.4 Å². The van der Waals surface area contributed by atoms with Crippen LogP contribution in [0.2, 0.25) is 0 Å². The van der Waals surface area contributed by atoms with E-state index >= 15 is 0 Å². The Labute approximate surface area is 298 Å². The van der Waals surface area contributed by atoms with E-state index in [1.54, 1.807) is 48.5 Å². The molecule has 5 rings (SSSR count). The zero-order valence-electron chi connectivity index (χ0n) is 28.1. The maximum absolute atomic E-state index is 14.8. The van der Waals surface area contributed by atoms with Crippen LogP contribution in [0.5, 0.6) is 5.75 Å². The number of hydrogen-bond donors (Lipinski definition) is 1. The van der Waals surface area contributed by atoms with Gasteiger partial charge in [-0.25, -0.2) is 8.42 Å². The number of rotatable bonds is 14. The van der Waals surface area contributed by atoms with Crippen LogP contribution in [0, 0.1) is 6.92 Å². The van der Waals surface area contributed by atoms with Gasteiger partial charge in [-0.1, -0.05) is 107 Å². The fraction of sp³-hybridized carbons (Fsp3) is 0.333. The Hall–Kier alpha value is -4.15. The van der Waals surface area contributed by atoms with E-state index in [0.717, 1.165) is 57.6 Å². The average molecular weight is 747 g/mol. The van der Waals surface area contributed by atoms with Crippen molar-refractivity contribution in [2.75, 3.05) is 17.5 Å². The Morgan fingerprint density at radius 2 is 1.55 bits per heavy atom. The number of hydrogen-bond acceptors (Lipinski definition) is 5. The van der Waals surface area contributed by atoms with Crippen LogP contribution in [0.15, 0.2) is 112 Å².